The fourth-order valence-electron chi connectivity index (χ4n) is 5.91. The van der Waals surface area contributed by atoms with Gasteiger partial charge < -0.3 is 5.32 Å². The second kappa shape index (κ2) is 10.5. The molecule has 8 heteroatoms. The van der Waals surface area contributed by atoms with Crippen LogP contribution < -0.4 is 16.2 Å². The number of fused-ring (bicyclic) bond motifs is 1. The number of carbonyl (C=O) groups excluding carboxylic acids is 2. The van der Waals surface area contributed by atoms with Crippen molar-refractivity contribution in [1.29, 1.82) is 0 Å². The maximum Gasteiger partial charge on any atom is 0.262 e. The Bertz CT molecular complexity index is 1370. The van der Waals surface area contributed by atoms with Crippen LogP contribution in [0.25, 0.3) is 10.9 Å². The predicted molar refractivity (Wildman–Crippen MR) is 144 cm³/mol. The van der Waals surface area contributed by atoms with Crippen LogP contribution >= 0.6 is 0 Å². The van der Waals surface area contributed by atoms with E-state index in [2.05, 4.69) is 53.6 Å². The Morgan fingerprint density at radius 2 is 1.70 bits per heavy atom. The average Bonchev–Trinajstić information content (AvgIpc) is 2.84. The van der Waals surface area contributed by atoms with Gasteiger partial charge in [-0.2, -0.15) is 0 Å². The lowest BCUT2D eigenvalue weighted by Crippen LogP contribution is -2.45. The van der Waals surface area contributed by atoms with E-state index in [1.54, 1.807) is 13.0 Å². The molecule has 2 N–H and O–H groups in total. The molecule has 5 rings (SSSR count). The number of carbonyl (C=O) groups is 2. The Morgan fingerprint density at radius 3 is 2.41 bits per heavy atom. The summed E-state index contributed by atoms with van der Waals surface area (Å²) in [6.07, 6.45) is 1.81. The highest BCUT2D eigenvalue weighted by Gasteiger charge is 2.30. The first kappa shape index (κ1) is 25.1. The van der Waals surface area contributed by atoms with Gasteiger partial charge in [0, 0.05) is 32.6 Å². The number of hydrogen-bond donors (Lipinski definition) is 2. The Hall–Kier alpha value is -3.52. The lowest BCUT2D eigenvalue weighted by Gasteiger charge is -2.35. The van der Waals surface area contributed by atoms with Gasteiger partial charge in [-0.15, -0.1) is 0 Å². The minimum absolute atomic E-state index is 0.205. The van der Waals surface area contributed by atoms with Crippen LogP contribution in [0.4, 0.5) is 5.69 Å². The van der Waals surface area contributed by atoms with Crippen LogP contribution in [-0.4, -0.2) is 39.4 Å². The number of aromatic nitrogens is 2. The Labute approximate surface area is 217 Å². The van der Waals surface area contributed by atoms with Gasteiger partial charge in [-0.25, -0.2) is 4.98 Å². The van der Waals surface area contributed by atoms with E-state index in [0.29, 0.717) is 29.7 Å². The van der Waals surface area contributed by atoms with E-state index in [0.717, 1.165) is 42.7 Å². The molecule has 1 aromatic heterocycles. The number of likely N-dealkylation sites (tertiary alicyclic amines) is 1. The van der Waals surface area contributed by atoms with Crippen molar-refractivity contribution >= 4 is 28.4 Å². The molecule has 3 aromatic rings. The van der Waals surface area contributed by atoms with E-state index < -0.39 is 11.9 Å². The van der Waals surface area contributed by atoms with Crippen molar-refractivity contribution in [3.8, 4) is 0 Å². The number of aryl methyl sites for hydroxylation is 1. The summed E-state index contributed by atoms with van der Waals surface area (Å²) in [7, 11) is 0. The Balaban J connectivity index is 1.31. The van der Waals surface area contributed by atoms with Crippen molar-refractivity contribution in [2.24, 2.45) is 11.8 Å². The second-order valence-corrected chi connectivity index (χ2v) is 10.8. The number of nitrogens with zero attached hydrogens (tertiary/aromatic N) is 3. The smallest absolute Gasteiger partial charge is 0.262 e. The maximum absolute atomic E-state index is 13.4. The maximum atomic E-state index is 13.4. The van der Waals surface area contributed by atoms with Gasteiger partial charge in [0.25, 0.3) is 5.56 Å². The van der Waals surface area contributed by atoms with Crippen LogP contribution in [0.2, 0.25) is 0 Å². The van der Waals surface area contributed by atoms with E-state index in [4.69, 9.17) is 4.98 Å². The van der Waals surface area contributed by atoms with Gasteiger partial charge in [-0.05, 0) is 54.9 Å². The summed E-state index contributed by atoms with van der Waals surface area (Å²) in [4.78, 5) is 44.6. The zero-order valence-electron chi connectivity index (χ0n) is 21.8. The molecule has 2 fully saturated rings. The lowest BCUT2D eigenvalue weighted by molar-refractivity contribution is -0.135. The number of nitrogens with one attached hydrogen (secondary N) is 2. The highest BCUT2D eigenvalue weighted by atomic mass is 16.2. The summed E-state index contributed by atoms with van der Waals surface area (Å²) in [6, 6.07) is 13.4. The number of rotatable bonds is 6. The third kappa shape index (κ3) is 5.44. The lowest BCUT2D eigenvalue weighted by atomic mass is 9.91. The predicted octanol–water partition coefficient (Wildman–Crippen LogP) is 3.77. The number of benzene rings is 2. The Morgan fingerprint density at radius 1 is 1.00 bits per heavy atom. The number of hydrogen-bond acceptors (Lipinski definition) is 6. The number of anilines is 1. The summed E-state index contributed by atoms with van der Waals surface area (Å²) in [5, 5.41) is 6.21. The number of piperidine rings is 2. The van der Waals surface area contributed by atoms with Crippen molar-refractivity contribution < 1.29 is 9.59 Å². The molecule has 2 aromatic carbocycles. The first-order chi connectivity index (χ1) is 17.8. The summed E-state index contributed by atoms with van der Waals surface area (Å²) < 4.78 is 1.41. The van der Waals surface area contributed by atoms with Gasteiger partial charge in [0.2, 0.25) is 11.8 Å². The number of para-hydroxylation sites is 1. The normalized spacial score (nSPS) is 22.7. The second-order valence-electron chi connectivity index (χ2n) is 10.8. The minimum Gasteiger partial charge on any atom is -0.379 e. The van der Waals surface area contributed by atoms with E-state index in [1.165, 1.54) is 16.6 Å². The molecule has 0 bridgehead atoms. The third-order valence-corrected chi connectivity index (χ3v) is 7.49. The molecule has 2 amide bonds. The van der Waals surface area contributed by atoms with Gasteiger partial charge in [-0.3, -0.25) is 29.2 Å². The standard InChI is InChI=1S/C29H35N5O3/c1-18-13-19(2)16-33(15-18)17-22-9-7-21(8-10-22)14-30-24-6-4-5-23-27(24)31-20(3)34(29(23)37)25-11-12-26(35)32-28(25)36/h4-10,18-19,25,30H,11-17H2,1-3H3,(H,32,35,36). The fraction of sp³-hybridized carbons (Fsp3) is 0.448. The van der Waals surface area contributed by atoms with E-state index in [1.807, 2.05) is 12.1 Å². The van der Waals surface area contributed by atoms with Crippen molar-refractivity contribution in [2.45, 2.75) is 59.2 Å². The molecule has 3 heterocycles. The van der Waals surface area contributed by atoms with Crippen molar-refractivity contribution in [3.05, 3.63) is 69.8 Å². The molecule has 37 heavy (non-hydrogen) atoms. The molecule has 8 nitrogen and oxygen atoms in total. The van der Waals surface area contributed by atoms with E-state index in [9.17, 15) is 14.4 Å². The highest BCUT2D eigenvalue weighted by Crippen LogP contribution is 2.25. The largest absolute Gasteiger partial charge is 0.379 e. The molecule has 2 aliphatic heterocycles. The molecule has 3 atom stereocenters. The number of amides is 2. The Kier molecular flexibility index (Phi) is 7.11. The summed E-state index contributed by atoms with van der Waals surface area (Å²) in [5.41, 5.74) is 3.55. The first-order valence-electron chi connectivity index (χ1n) is 13.2. The zero-order valence-corrected chi connectivity index (χ0v) is 21.8. The molecular formula is C29H35N5O3. The molecule has 2 saturated heterocycles. The van der Waals surface area contributed by atoms with Crippen LogP contribution in [0.3, 0.4) is 0 Å². The average molecular weight is 502 g/mol. The van der Waals surface area contributed by atoms with E-state index in [-0.39, 0.29) is 17.9 Å². The van der Waals surface area contributed by atoms with Crippen LogP contribution in [-0.2, 0) is 22.7 Å². The molecule has 0 aliphatic carbocycles. The topological polar surface area (TPSA) is 96.3 Å². The van der Waals surface area contributed by atoms with Gasteiger partial charge in [-0.1, -0.05) is 44.2 Å². The molecule has 0 saturated carbocycles. The molecule has 194 valence electrons. The van der Waals surface area contributed by atoms with Gasteiger partial charge in [0.1, 0.15) is 17.4 Å². The van der Waals surface area contributed by atoms with Gasteiger partial charge >= 0.3 is 0 Å². The van der Waals surface area contributed by atoms with E-state index >= 15 is 0 Å². The summed E-state index contributed by atoms with van der Waals surface area (Å²) in [5.74, 6) is 1.18. The first-order valence-corrected chi connectivity index (χ1v) is 13.2. The van der Waals surface area contributed by atoms with Gasteiger partial charge in [0.05, 0.1) is 11.1 Å². The summed E-state index contributed by atoms with van der Waals surface area (Å²) in [6.45, 7) is 10.3. The van der Waals surface area contributed by atoms with Crippen LogP contribution in [0.1, 0.15) is 56.1 Å². The molecule has 0 spiro atoms. The number of imide groups is 1. The SMILES string of the molecule is Cc1nc2c(NCc3ccc(CN4CC(C)CC(C)C4)cc3)cccc2c(=O)n1C1CCC(=O)NC1=O. The summed E-state index contributed by atoms with van der Waals surface area (Å²) >= 11 is 0. The van der Waals surface area contributed by atoms with Crippen molar-refractivity contribution in [3.63, 3.8) is 0 Å². The van der Waals surface area contributed by atoms with Crippen LogP contribution in [0.15, 0.2) is 47.3 Å². The van der Waals surface area contributed by atoms with Gasteiger partial charge in [0.15, 0.2) is 0 Å². The third-order valence-electron chi connectivity index (χ3n) is 7.49. The van der Waals surface area contributed by atoms with Crippen molar-refractivity contribution in [1.82, 2.24) is 19.8 Å². The molecule has 2 aliphatic rings. The van der Waals surface area contributed by atoms with Crippen LogP contribution in [0, 0.1) is 18.8 Å². The fourth-order valence-corrected chi connectivity index (χ4v) is 5.91. The molecular weight excluding hydrogens is 466 g/mol. The quantitative estimate of drug-likeness (QED) is 0.499. The minimum atomic E-state index is -0.728. The van der Waals surface area contributed by atoms with Crippen LogP contribution in [0.5, 0.6) is 0 Å². The monoisotopic (exact) mass is 501 g/mol. The molecule has 3 unspecified atom stereocenters. The van der Waals surface area contributed by atoms with Crippen molar-refractivity contribution in [2.75, 3.05) is 18.4 Å². The highest BCUT2D eigenvalue weighted by molar-refractivity contribution is 5.99. The molecule has 0 radical (unpaired) electrons. The zero-order chi connectivity index (χ0) is 26.1.